The number of methoxy groups -OCH3 is 1. The van der Waals surface area contributed by atoms with Crippen LogP contribution >= 0.6 is 0 Å². The number of H-pyrrole nitrogens is 1. The molecule has 10 heteroatoms. The van der Waals surface area contributed by atoms with Gasteiger partial charge in [0, 0.05) is 5.56 Å². The highest BCUT2D eigenvalue weighted by Gasteiger charge is 2.39. The Balaban J connectivity index is 1.45. The average molecular weight is 455 g/mol. The Morgan fingerprint density at radius 1 is 1.15 bits per heavy atom. The summed E-state index contributed by atoms with van der Waals surface area (Å²) in [7, 11) is 1.52. The van der Waals surface area contributed by atoms with Crippen LogP contribution in [-0.2, 0) is 22.5 Å². The normalized spacial score (nSPS) is 22.8. The van der Waals surface area contributed by atoms with Crippen LogP contribution in [0.1, 0.15) is 5.56 Å². The number of ether oxygens (including phenoxy) is 2. The molecular weight excluding hydrogens is 430 g/mol. The number of para-hydroxylation sites is 2. The highest BCUT2D eigenvalue weighted by atomic mass is 16.5. The number of benzene rings is 2. The van der Waals surface area contributed by atoms with Crippen molar-refractivity contribution in [3.05, 3.63) is 74.9 Å². The van der Waals surface area contributed by atoms with Gasteiger partial charge >= 0.3 is 5.69 Å². The van der Waals surface area contributed by atoms with E-state index in [9.17, 15) is 24.6 Å². The first-order valence-electron chi connectivity index (χ1n) is 10.5. The number of fused-ring (bicyclic) bond motifs is 1. The topological polar surface area (TPSA) is 143 Å². The molecule has 1 aliphatic heterocycles. The van der Waals surface area contributed by atoms with Crippen molar-refractivity contribution in [1.29, 1.82) is 0 Å². The first-order valence-corrected chi connectivity index (χ1v) is 10.5. The van der Waals surface area contributed by atoms with E-state index >= 15 is 0 Å². The van der Waals surface area contributed by atoms with E-state index in [1.54, 1.807) is 48.5 Å². The minimum absolute atomic E-state index is 0.0333. The number of aliphatic hydroxyl groups is 2. The van der Waals surface area contributed by atoms with Crippen molar-refractivity contribution in [2.24, 2.45) is 0 Å². The van der Waals surface area contributed by atoms with Gasteiger partial charge in [-0.05, 0) is 18.2 Å². The van der Waals surface area contributed by atoms with Crippen molar-refractivity contribution in [3.63, 3.8) is 0 Å². The van der Waals surface area contributed by atoms with E-state index in [4.69, 9.17) is 9.47 Å². The Morgan fingerprint density at radius 3 is 2.67 bits per heavy atom. The van der Waals surface area contributed by atoms with Gasteiger partial charge in [0.2, 0.25) is 5.91 Å². The van der Waals surface area contributed by atoms with Gasteiger partial charge in [-0.3, -0.25) is 19.1 Å². The van der Waals surface area contributed by atoms with Crippen LogP contribution in [0.15, 0.2) is 58.1 Å². The fourth-order valence-corrected chi connectivity index (χ4v) is 4.05. The molecule has 2 heterocycles. The summed E-state index contributed by atoms with van der Waals surface area (Å²) in [5.41, 5.74) is -0.0683. The lowest BCUT2D eigenvalue weighted by Crippen LogP contribution is -2.60. The molecule has 174 valence electrons. The molecule has 4 N–H and O–H groups in total. The van der Waals surface area contributed by atoms with Gasteiger partial charge < -0.3 is 25.0 Å². The smallest absolute Gasteiger partial charge is 0.328 e. The molecular formula is C23H25N3O7. The number of nitrogens with zero attached hydrogens (tertiary/aromatic N) is 1. The molecule has 3 aromatic rings. The van der Waals surface area contributed by atoms with Crippen LogP contribution in [-0.4, -0.2) is 63.7 Å². The third-order valence-electron chi connectivity index (χ3n) is 5.79. The monoisotopic (exact) mass is 455 g/mol. The lowest BCUT2D eigenvalue weighted by Gasteiger charge is -2.38. The molecule has 1 aliphatic rings. The third kappa shape index (κ3) is 4.68. The van der Waals surface area contributed by atoms with Crippen LogP contribution in [0.2, 0.25) is 0 Å². The molecule has 2 aromatic carbocycles. The van der Waals surface area contributed by atoms with Crippen LogP contribution in [0.4, 0.5) is 0 Å². The highest BCUT2D eigenvalue weighted by Crippen LogP contribution is 2.20. The van der Waals surface area contributed by atoms with Gasteiger partial charge in [-0.1, -0.05) is 30.3 Å². The molecule has 33 heavy (non-hydrogen) atoms. The molecule has 0 aliphatic carbocycles. The van der Waals surface area contributed by atoms with Gasteiger partial charge in [-0.2, -0.15) is 0 Å². The van der Waals surface area contributed by atoms with Crippen molar-refractivity contribution >= 4 is 16.8 Å². The summed E-state index contributed by atoms with van der Waals surface area (Å²) in [5.74, 6) is 0.215. The van der Waals surface area contributed by atoms with E-state index in [2.05, 4.69) is 10.3 Å². The number of hydrogen-bond acceptors (Lipinski definition) is 7. The quantitative estimate of drug-likeness (QED) is 0.394. The van der Waals surface area contributed by atoms with Gasteiger partial charge in [0.05, 0.1) is 43.6 Å². The average Bonchev–Trinajstić information content (AvgIpc) is 2.81. The molecule has 4 atom stereocenters. The number of aliphatic hydroxyl groups excluding tert-OH is 2. The molecule has 4 rings (SSSR count). The molecule has 1 fully saturated rings. The summed E-state index contributed by atoms with van der Waals surface area (Å²) in [6.45, 7) is -0.146. The summed E-state index contributed by atoms with van der Waals surface area (Å²) in [6, 6.07) is 12.9. The van der Waals surface area contributed by atoms with Crippen molar-refractivity contribution < 1.29 is 24.5 Å². The maximum absolute atomic E-state index is 12.5. The number of hydrogen-bond donors (Lipinski definition) is 4. The standard InChI is InChI=1S/C23H25N3O7/c1-32-17-9-5-2-6-13(17)10-19(27)24-15-12-33-18(21(29)20(15)28)11-26-16-8-4-3-7-14(16)22(30)25-23(26)31/h2-9,15,18,20-21,28-29H,10-12H2,1H3,(H,24,27)(H,25,30,31)/t15-,18-,20+,21-/m1/s1. The number of amides is 1. The van der Waals surface area contributed by atoms with Gasteiger partial charge in [-0.25, -0.2) is 4.79 Å². The van der Waals surface area contributed by atoms with E-state index in [1.165, 1.54) is 11.7 Å². The summed E-state index contributed by atoms with van der Waals surface area (Å²) >= 11 is 0. The van der Waals surface area contributed by atoms with E-state index < -0.39 is 35.6 Å². The second-order valence-electron chi connectivity index (χ2n) is 7.90. The maximum atomic E-state index is 12.5. The second-order valence-corrected chi connectivity index (χ2v) is 7.90. The van der Waals surface area contributed by atoms with Crippen LogP contribution in [0.3, 0.4) is 0 Å². The van der Waals surface area contributed by atoms with E-state index in [-0.39, 0.29) is 25.5 Å². The third-order valence-corrected chi connectivity index (χ3v) is 5.79. The minimum Gasteiger partial charge on any atom is -0.496 e. The summed E-state index contributed by atoms with van der Waals surface area (Å²) in [4.78, 5) is 39.2. The van der Waals surface area contributed by atoms with E-state index in [1.807, 2.05) is 0 Å². The lowest BCUT2D eigenvalue weighted by molar-refractivity contribution is -0.158. The zero-order valence-corrected chi connectivity index (χ0v) is 17.9. The molecule has 0 saturated carbocycles. The number of aromatic nitrogens is 2. The predicted octanol–water partition coefficient (Wildman–Crippen LogP) is -0.453. The summed E-state index contributed by atoms with van der Waals surface area (Å²) in [6.07, 6.45) is -3.57. The number of rotatable bonds is 6. The van der Waals surface area contributed by atoms with Crippen LogP contribution in [0.5, 0.6) is 5.75 Å². The Kier molecular flexibility index (Phi) is 6.59. The van der Waals surface area contributed by atoms with Gasteiger partial charge in [0.25, 0.3) is 5.56 Å². The lowest BCUT2D eigenvalue weighted by atomic mass is 9.97. The SMILES string of the molecule is COc1ccccc1CC(=O)N[C@@H]1CO[C@H](Cn2c(=O)[nH]c(=O)c3ccccc32)[C@@H](O)[C@H]1O. The minimum atomic E-state index is -1.37. The Hall–Kier alpha value is -3.47. The van der Waals surface area contributed by atoms with E-state index in [0.29, 0.717) is 22.2 Å². The predicted molar refractivity (Wildman–Crippen MR) is 119 cm³/mol. The fourth-order valence-electron chi connectivity index (χ4n) is 4.05. The molecule has 0 unspecified atom stereocenters. The van der Waals surface area contributed by atoms with Crippen LogP contribution in [0, 0.1) is 0 Å². The van der Waals surface area contributed by atoms with Crippen molar-refractivity contribution in [1.82, 2.24) is 14.9 Å². The van der Waals surface area contributed by atoms with Crippen molar-refractivity contribution in [2.45, 2.75) is 37.3 Å². The molecule has 1 amide bonds. The number of carbonyl (C=O) groups excluding carboxylic acids is 1. The van der Waals surface area contributed by atoms with E-state index in [0.717, 1.165) is 0 Å². The molecule has 1 aromatic heterocycles. The van der Waals surface area contributed by atoms with Crippen molar-refractivity contribution in [3.8, 4) is 5.75 Å². The first kappa shape index (κ1) is 22.7. The zero-order valence-electron chi connectivity index (χ0n) is 17.9. The first-order chi connectivity index (χ1) is 15.9. The Bertz CT molecular complexity index is 1270. The Labute approximate surface area is 188 Å². The summed E-state index contributed by atoms with van der Waals surface area (Å²) in [5, 5.41) is 24.3. The molecule has 10 nitrogen and oxygen atoms in total. The van der Waals surface area contributed by atoms with Crippen LogP contribution < -0.4 is 21.3 Å². The molecule has 0 bridgehead atoms. The fraction of sp³-hybridized carbons (Fsp3) is 0.348. The largest absolute Gasteiger partial charge is 0.496 e. The van der Waals surface area contributed by atoms with Gasteiger partial charge in [0.15, 0.2) is 0 Å². The van der Waals surface area contributed by atoms with Gasteiger partial charge in [-0.15, -0.1) is 0 Å². The highest BCUT2D eigenvalue weighted by molar-refractivity contribution is 5.80. The van der Waals surface area contributed by atoms with Crippen molar-refractivity contribution in [2.75, 3.05) is 13.7 Å². The molecule has 1 saturated heterocycles. The number of aromatic amines is 1. The van der Waals surface area contributed by atoms with Crippen LogP contribution in [0.25, 0.3) is 10.9 Å². The Morgan fingerprint density at radius 2 is 1.88 bits per heavy atom. The van der Waals surface area contributed by atoms with Gasteiger partial charge in [0.1, 0.15) is 24.1 Å². The maximum Gasteiger partial charge on any atom is 0.328 e. The number of nitrogens with one attached hydrogen (secondary N) is 2. The second kappa shape index (κ2) is 9.57. The number of carbonyl (C=O) groups is 1. The summed E-state index contributed by atoms with van der Waals surface area (Å²) < 4.78 is 12.2. The molecule has 0 radical (unpaired) electrons. The molecule has 0 spiro atoms. The zero-order chi connectivity index (χ0) is 23.5.